The molecule has 0 unspecified atom stereocenters. The first kappa shape index (κ1) is 13.5. The summed E-state index contributed by atoms with van der Waals surface area (Å²) in [5.41, 5.74) is 6.65. The predicted molar refractivity (Wildman–Crippen MR) is 77.9 cm³/mol. The van der Waals surface area contributed by atoms with Gasteiger partial charge in [0.1, 0.15) is 17.4 Å². The first-order chi connectivity index (χ1) is 10.0. The van der Waals surface area contributed by atoms with Crippen molar-refractivity contribution in [2.75, 3.05) is 12.5 Å². The van der Waals surface area contributed by atoms with E-state index >= 15 is 0 Å². The lowest BCUT2D eigenvalue weighted by molar-refractivity contribution is 0.174. The van der Waals surface area contributed by atoms with Crippen LogP contribution in [0.25, 0.3) is 0 Å². The van der Waals surface area contributed by atoms with Crippen LogP contribution in [0.15, 0.2) is 18.2 Å². The molecule has 1 aliphatic heterocycles. The summed E-state index contributed by atoms with van der Waals surface area (Å²) in [6.07, 6.45) is 0. The van der Waals surface area contributed by atoms with Crippen LogP contribution in [0.5, 0.6) is 23.1 Å². The molecule has 0 aliphatic carbocycles. The van der Waals surface area contributed by atoms with Crippen LogP contribution < -0.4 is 19.9 Å². The van der Waals surface area contributed by atoms with Crippen LogP contribution in [-0.2, 0) is 0 Å². The van der Waals surface area contributed by atoms with Gasteiger partial charge < -0.3 is 19.9 Å². The van der Waals surface area contributed by atoms with E-state index in [2.05, 4.69) is 9.97 Å². The molecule has 6 heteroatoms. The number of benzene rings is 1. The SMILES string of the molecule is Cc1c(N)nc(C(C)C)nc1Oc1ccc2c(c1)OCO2. The molecular weight excluding hydrogens is 270 g/mol. The number of nitrogen functional groups attached to an aromatic ring is 1. The predicted octanol–water partition coefficient (Wildman–Crippen LogP) is 3.01. The zero-order valence-corrected chi connectivity index (χ0v) is 12.2. The number of ether oxygens (including phenoxy) is 3. The largest absolute Gasteiger partial charge is 0.454 e. The van der Waals surface area contributed by atoms with Gasteiger partial charge in [-0.1, -0.05) is 13.8 Å². The molecule has 0 saturated carbocycles. The minimum atomic E-state index is 0.173. The second-order valence-corrected chi connectivity index (χ2v) is 5.17. The number of hydrogen-bond acceptors (Lipinski definition) is 6. The second kappa shape index (κ2) is 5.12. The van der Waals surface area contributed by atoms with Crippen molar-refractivity contribution in [1.82, 2.24) is 9.97 Å². The van der Waals surface area contributed by atoms with Crippen molar-refractivity contribution in [1.29, 1.82) is 0 Å². The van der Waals surface area contributed by atoms with Gasteiger partial charge in [-0.05, 0) is 19.1 Å². The summed E-state index contributed by atoms with van der Waals surface area (Å²) in [5, 5.41) is 0. The van der Waals surface area contributed by atoms with Crippen LogP contribution in [0.3, 0.4) is 0 Å². The zero-order valence-electron chi connectivity index (χ0n) is 12.2. The fourth-order valence-electron chi connectivity index (χ4n) is 1.94. The van der Waals surface area contributed by atoms with Crippen LogP contribution >= 0.6 is 0 Å². The molecule has 0 atom stereocenters. The monoisotopic (exact) mass is 287 g/mol. The van der Waals surface area contributed by atoms with Crippen molar-refractivity contribution >= 4 is 5.82 Å². The highest BCUT2D eigenvalue weighted by molar-refractivity contribution is 5.50. The lowest BCUT2D eigenvalue weighted by atomic mass is 10.2. The molecule has 0 amide bonds. The highest BCUT2D eigenvalue weighted by Crippen LogP contribution is 2.37. The van der Waals surface area contributed by atoms with Crippen molar-refractivity contribution in [2.45, 2.75) is 26.7 Å². The lowest BCUT2D eigenvalue weighted by Gasteiger charge is -2.12. The van der Waals surface area contributed by atoms with Gasteiger partial charge in [0, 0.05) is 12.0 Å². The van der Waals surface area contributed by atoms with Gasteiger partial charge in [0.15, 0.2) is 11.5 Å². The average molecular weight is 287 g/mol. The number of fused-ring (bicyclic) bond motifs is 1. The second-order valence-electron chi connectivity index (χ2n) is 5.17. The van der Waals surface area contributed by atoms with Gasteiger partial charge in [-0.15, -0.1) is 0 Å². The third-order valence-electron chi connectivity index (χ3n) is 3.23. The fourth-order valence-corrected chi connectivity index (χ4v) is 1.94. The summed E-state index contributed by atoms with van der Waals surface area (Å²) in [7, 11) is 0. The number of aromatic nitrogens is 2. The quantitative estimate of drug-likeness (QED) is 0.934. The van der Waals surface area contributed by atoms with E-state index in [1.165, 1.54) is 0 Å². The minimum Gasteiger partial charge on any atom is -0.454 e. The normalized spacial score (nSPS) is 12.8. The van der Waals surface area contributed by atoms with E-state index in [1.54, 1.807) is 18.2 Å². The van der Waals surface area contributed by atoms with Crippen LogP contribution in [-0.4, -0.2) is 16.8 Å². The van der Waals surface area contributed by atoms with Crippen LogP contribution in [0.2, 0.25) is 0 Å². The van der Waals surface area contributed by atoms with Crippen molar-refractivity contribution in [2.24, 2.45) is 0 Å². The highest BCUT2D eigenvalue weighted by atomic mass is 16.7. The van der Waals surface area contributed by atoms with Gasteiger partial charge in [0.05, 0.1) is 5.56 Å². The smallest absolute Gasteiger partial charge is 0.231 e. The molecule has 1 aromatic carbocycles. The van der Waals surface area contributed by atoms with Crippen LogP contribution in [0.4, 0.5) is 5.82 Å². The van der Waals surface area contributed by atoms with E-state index in [-0.39, 0.29) is 12.7 Å². The first-order valence-electron chi connectivity index (χ1n) is 6.76. The van der Waals surface area contributed by atoms with Gasteiger partial charge in [-0.2, -0.15) is 4.98 Å². The zero-order chi connectivity index (χ0) is 15.0. The molecule has 1 aliphatic rings. The molecule has 0 spiro atoms. The van der Waals surface area contributed by atoms with Crippen molar-refractivity contribution in [3.63, 3.8) is 0 Å². The fraction of sp³-hybridized carbons (Fsp3) is 0.333. The molecule has 2 N–H and O–H groups in total. The number of nitrogens with zero attached hydrogens (tertiary/aromatic N) is 2. The molecule has 3 rings (SSSR count). The standard InChI is InChI=1S/C15H17N3O3/c1-8(2)14-17-13(16)9(3)15(18-14)21-10-4-5-11-12(6-10)20-7-19-11/h4-6,8H,7H2,1-3H3,(H2,16,17,18). The molecular formula is C15H17N3O3. The van der Waals surface area contributed by atoms with E-state index < -0.39 is 0 Å². The van der Waals surface area contributed by atoms with Crippen LogP contribution in [0, 0.1) is 6.92 Å². The summed E-state index contributed by atoms with van der Waals surface area (Å²) >= 11 is 0. The Kier molecular flexibility index (Phi) is 3.29. The molecule has 2 heterocycles. The van der Waals surface area contributed by atoms with Crippen molar-refractivity contribution in [3.8, 4) is 23.1 Å². The van der Waals surface area contributed by atoms with Crippen molar-refractivity contribution in [3.05, 3.63) is 29.6 Å². The van der Waals surface area contributed by atoms with E-state index in [0.717, 1.165) is 5.56 Å². The molecule has 6 nitrogen and oxygen atoms in total. The number of anilines is 1. The Morgan fingerprint density at radius 3 is 2.71 bits per heavy atom. The van der Waals surface area contributed by atoms with E-state index in [4.69, 9.17) is 19.9 Å². The Morgan fingerprint density at radius 2 is 1.95 bits per heavy atom. The maximum absolute atomic E-state index is 5.93. The summed E-state index contributed by atoms with van der Waals surface area (Å²) in [6, 6.07) is 5.39. The summed E-state index contributed by atoms with van der Waals surface area (Å²) in [4.78, 5) is 8.71. The first-order valence-corrected chi connectivity index (χ1v) is 6.76. The molecule has 0 saturated heterocycles. The van der Waals surface area contributed by atoms with Crippen molar-refractivity contribution < 1.29 is 14.2 Å². The molecule has 0 radical (unpaired) electrons. The van der Waals surface area contributed by atoms with Gasteiger partial charge in [-0.25, -0.2) is 4.98 Å². The Hall–Kier alpha value is -2.50. The van der Waals surface area contributed by atoms with Gasteiger partial charge in [0.2, 0.25) is 12.7 Å². The van der Waals surface area contributed by atoms with E-state index in [9.17, 15) is 0 Å². The number of hydrogen-bond donors (Lipinski definition) is 1. The maximum Gasteiger partial charge on any atom is 0.231 e. The molecule has 110 valence electrons. The van der Waals surface area contributed by atoms with Gasteiger partial charge in [0.25, 0.3) is 0 Å². The topological polar surface area (TPSA) is 79.5 Å². The summed E-state index contributed by atoms with van der Waals surface area (Å²) < 4.78 is 16.4. The minimum absolute atomic E-state index is 0.173. The van der Waals surface area contributed by atoms with E-state index in [1.807, 2.05) is 20.8 Å². The average Bonchev–Trinajstić information content (AvgIpc) is 2.91. The van der Waals surface area contributed by atoms with Crippen LogP contribution in [0.1, 0.15) is 31.2 Å². The summed E-state index contributed by atoms with van der Waals surface area (Å²) in [5.74, 6) is 3.73. The molecule has 0 bridgehead atoms. The third-order valence-corrected chi connectivity index (χ3v) is 3.23. The maximum atomic E-state index is 5.93. The molecule has 1 aromatic heterocycles. The molecule has 0 fully saturated rings. The van der Waals surface area contributed by atoms with Gasteiger partial charge in [-0.3, -0.25) is 0 Å². The Morgan fingerprint density at radius 1 is 1.19 bits per heavy atom. The Labute approximate surface area is 122 Å². The van der Waals surface area contributed by atoms with E-state index in [0.29, 0.717) is 34.8 Å². The van der Waals surface area contributed by atoms with Gasteiger partial charge >= 0.3 is 0 Å². The number of nitrogens with two attached hydrogens (primary N) is 1. The molecule has 2 aromatic rings. The number of rotatable bonds is 3. The Bertz CT molecular complexity index is 686. The molecule has 21 heavy (non-hydrogen) atoms. The summed E-state index contributed by atoms with van der Waals surface area (Å²) in [6.45, 7) is 6.08. The third kappa shape index (κ3) is 2.56. The highest BCUT2D eigenvalue weighted by Gasteiger charge is 2.16. The Balaban J connectivity index is 1.94. The lowest BCUT2D eigenvalue weighted by Crippen LogP contribution is -2.06.